The molecule has 0 bridgehead atoms. The highest BCUT2D eigenvalue weighted by Gasteiger charge is 2.54. The Bertz CT molecular complexity index is 756. The number of anilines is 1. The van der Waals surface area contributed by atoms with Crippen molar-refractivity contribution < 1.29 is 9.47 Å². The van der Waals surface area contributed by atoms with Crippen LogP contribution in [0.3, 0.4) is 0 Å². The number of nitrogens with zero attached hydrogens (tertiary/aromatic N) is 4. The molecule has 0 aromatic carbocycles. The van der Waals surface area contributed by atoms with Crippen LogP contribution in [0.4, 0.5) is 5.82 Å². The van der Waals surface area contributed by atoms with Gasteiger partial charge in [0.15, 0.2) is 5.79 Å². The van der Waals surface area contributed by atoms with E-state index in [9.17, 15) is 0 Å². The van der Waals surface area contributed by atoms with Crippen LogP contribution in [0.5, 0.6) is 0 Å². The summed E-state index contributed by atoms with van der Waals surface area (Å²) in [7, 11) is 0. The summed E-state index contributed by atoms with van der Waals surface area (Å²) >= 11 is 0. The minimum Gasteiger partial charge on any atom is -0.383 e. The van der Waals surface area contributed by atoms with Crippen LogP contribution >= 0.6 is 0 Å². The monoisotopic (exact) mass is 315 g/mol. The third kappa shape index (κ3) is 2.22. The van der Waals surface area contributed by atoms with Crippen molar-refractivity contribution in [1.82, 2.24) is 14.5 Å². The van der Waals surface area contributed by atoms with Crippen LogP contribution in [-0.4, -0.2) is 45.8 Å². The maximum atomic E-state index is 6.19. The molecule has 0 amide bonds. The average Bonchev–Trinajstić information content (AvgIpc) is 3.13. The smallest absolute Gasteiger partial charge is 0.163 e. The molecule has 7 heteroatoms. The Hall–Kier alpha value is -1.99. The van der Waals surface area contributed by atoms with Crippen LogP contribution in [0.15, 0.2) is 23.6 Å². The van der Waals surface area contributed by atoms with Crippen molar-refractivity contribution in [2.75, 3.05) is 12.3 Å². The fourth-order valence-corrected chi connectivity index (χ4v) is 3.93. The second-order valence-electron chi connectivity index (χ2n) is 6.75. The molecule has 122 valence electrons. The Balaban J connectivity index is 1.75. The van der Waals surface area contributed by atoms with Crippen molar-refractivity contribution in [3.8, 4) is 0 Å². The second kappa shape index (κ2) is 5.01. The van der Waals surface area contributed by atoms with E-state index in [0.29, 0.717) is 18.3 Å². The van der Waals surface area contributed by atoms with Crippen molar-refractivity contribution in [1.29, 1.82) is 0 Å². The van der Waals surface area contributed by atoms with Gasteiger partial charge in [0.25, 0.3) is 0 Å². The van der Waals surface area contributed by atoms with Crippen LogP contribution in [0.1, 0.15) is 26.3 Å². The summed E-state index contributed by atoms with van der Waals surface area (Å²) in [5, 5.41) is 0.868. The summed E-state index contributed by atoms with van der Waals surface area (Å²) in [5.41, 5.74) is 6.78. The number of hydrogen-bond acceptors (Lipinski definition) is 6. The molecule has 1 aliphatic carbocycles. The van der Waals surface area contributed by atoms with E-state index in [1.807, 2.05) is 26.1 Å². The molecule has 0 radical (unpaired) electrons. The molecule has 2 N–H and O–H groups in total. The van der Waals surface area contributed by atoms with Crippen LogP contribution in [0.2, 0.25) is 0 Å². The number of aliphatic imine (C=N–C) groups is 1. The van der Waals surface area contributed by atoms with Gasteiger partial charge in [-0.3, -0.25) is 0 Å². The highest BCUT2D eigenvalue weighted by atomic mass is 16.8. The lowest BCUT2D eigenvalue weighted by Gasteiger charge is -2.24. The van der Waals surface area contributed by atoms with Crippen LogP contribution in [0, 0.1) is 5.92 Å². The third-order valence-electron chi connectivity index (χ3n) is 4.81. The number of hydrogen-bond donors (Lipinski definition) is 1. The van der Waals surface area contributed by atoms with Crippen molar-refractivity contribution in [2.45, 2.75) is 44.3 Å². The fourth-order valence-electron chi connectivity index (χ4n) is 3.93. The van der Waals surface area contributed by atoms with Crippen molar-refractivity contribution in [3.63, 3.8) is 0 Å². The lowest BCUT2D eigenvalue weighted by Crippen LogP contribution is -2.27. The molecule has 0 spiro atoms. The van der Waals surface area contributed by atoms with Crippen LogP contribution in [0.25, 0.3) is 11.0 Å². The molecule has 23 heavy (non-hydrogen) atoms. The topological polar surface area (TPSA) is 87.6 Å². The zero-order valence-corrected chi connectivity index (χ0v) is 13.3. The number of nitrogens with two attached hydrogens (primary N) is 1. The van der Waals surface area contributed by atoms with E-state index in [-0.39, 0.29) is 18.2 Å². The van der Waals surface area contributed by atoms with Gasteiger partial charge in [0.05, 0.1) is 17.5 Å². The Kier molecular flexibility index (Phi) is 3.18. The average molecular weight is 315 g/mol. The summed E-state index contributed by atoms with van der Waals surface area (Å²) < 4.78 is 14.4. The molecule has 3 heterocycles. The summed E-state index contributed by atoms with van der Waals surface area (Å²) in [6.07, 6.45) is 4.42. The summed E-state index contributed by atoms with van der Waals surface area (Å²) in [6, 6.07) is 2.10. The fraction of sp³-hybridized carbons (Fsp3) is 0.562. The van der Waals surface area contributed by atoms with Crippen LogP contribution in [-0.2, 0) is 9.47 Å². The van der Waals surface area contributed by atoms with E-state index in [0.717, 1.165) is 17.5 Å². The van der Waals surface area contributed by atoms with Gasteiger partial charge < -0.3 is 24.8 Å². The molecule has 2 fully saturated rings. The van der Waals surface area contributed by atoms with Crippen molar-refractivity contribution in [2.24, 2.45) is 10.9 Å². The van der Waals surface area contributed by atoms with Gasteiger partial charge in [-0.15, -0.1) is 0 Å². The number of ether oxygens (including phenoxy) is 2. The first-order chi connectivity index (χ1) is 11.0. The molecular formula is C16H21N5O2. The number of aromatic nitrogens is 3. The van der Waals surface area contributed by atoms with Gasteiger partial charge >= 0.3 is 0 Å². The molecule has 2 aromatic heterocycles. The van der Waals surface area contributed by atoms with E-state index in [4.69, 9.17) is 15.2 Å². The molecular weight excluding hydrogens is 294 g/mol. The maximum Gasteiger partial charge on any atom is 0.163 e. The van der Waals surface area contributed by atoms with Crippen molar-refractivity contribution in [3.05, 3.63) is 18.6 Å². The molecule has 1 saturated carbocycles. The van der Waals surface area contributed by atoms with Gasteiger partial charge in [-0.2, -0.15) is 0 Å². The first-order valence-corrected chi connectivity index (χ1v) is 7.85. The normalized spacial score (nSPS) is 32.3. The zero-order valence-electron chi connectivity index (χ0n) is 13.3. The van der Waals surface area contributed by atoms with E-state index < -0.39 is 5.79 Å². The molecule has 0 unspecified atom stereocenters. The van der Waals surface area contributed by atoms with E-state index in [1.165, 1.54) is 6.33 Å². The first kappa shape index (κ1) is 14.6. The van der Waals surface area contributed by atoms with Gasteiger partial charge in [-0.25, -0.2) is 9.97 Å². The highest BCUT2D eigenvalue weighted by Crippen LogP contribution is 2.47. The van der Waals surface area contributed by atoms with Gasteiger partial charge in [0, 0.05) is 18.7 Å². The van der Waals surface area contributed by atoms with E-state index in [1.54, 1.807) is 0 Å². The Labute approximate surface area is 134 Å². The molecule has 4 atom stereocenters. The quantitative estimate of drug-likeness (QED) is 0.873. The second-order valence-corrected chi connectivity index (χ2v) is 6.75. The van der Waals surface area contributed by atoms with Gasteiger partial charge in [0.1, 0.15) is 23.9 Å². The molecule has 7 nitrogen and oxygen atoms in total. The molecule has 4 rings (SSSR count). The minimum atomic E-state index is -0.579. The number of nitrogen functional groups attached to an aromatic ring is 1. The van der Waals surface area contributed by atoms with Crippen LogP contribution < -0.4 is 5.73 Å². The minimum absolute atomic E-state index is 0.0245. The predicted molar refractivity (Wildman–Crippen MR) is 87.3 cm³/mol. The lowest BCUT2D eigenvalue weighted by molar-refractivity contribution is -0.159. The predicted octanol–water partition coefficient (Wildman–Crippen LogP) is 1.80. The first-order valence-electron chi connectivity index (χ1n) is 7.85. The molecule has 2 aliphatic rings. The largest absolute Gasteiger partial charge is 0.383 e. The maximum absolute atomic E-state index is 6.19. The van der Waals surface area contributed by atoms with Crippen molar-refractivity contribution >= 4 is 23.6 Å². The third-order valence-corrected chi connectivity index (χ3v) is 4.81. The lowest BCUT2D eigenvalue weighted by atomic mass is 10.1. The Morgan fingerprint density at radius 3 is 2.96 bits per heavy atom. The number of fused-ring (bicyclic) bond motifs is 2. The summed E-state index contributed by atoms with van der Waals surface area (Å²) in [5.74, 6) is 0.210. The van der Waals surface area contributed by atoms with Gasteiger partial charge in [-0.1, -0.05) is 0 Å². The number of rotatable bonds is 3. The van der Waals surface area contributed by atoms with Gasteiger partial charge in [0.2, 0.25) is 0 Å². The van der Waals surface area contributed by atoms with E-state index in [2.05, 4.69) is 26.2 Å². The summed E-state index contributed by atoms with van der Waals surface area (Å²) in [4.78, 5) is 12.5. The Morgan fingerprint density at radius 2 is 2.17 bits per heavy atom. The standard InChI is InChI=1S/C16H21N5O2/c1-16(2)22-12-9(7-18-3)6-11(13(12)23-16)21-5-4-10-14(17)19-8-20-15(10)21/h4-5,8-9,11-13H,3,6-7H2,1-2H3,(H2,17,19,20)/t9-,11-,12-,13+/m1/s1. The van der Waals surface area contributed by atoms with Gasteiger partial charge in [-0.05, 0) is 33.1 Å². The molecule has 1 aliphatic heterocycles. The SMILES string of the molecule is C=NC[C@H]1C[C@@H](n2ccc3c(N)ncnc32)[C@@H]2OC(C)(C)O[C@H]12. The Morgan fingerprint density at radius 1 is 1.39 bits per heavy atom. The molecule has 2 aromatic rings. The molecule has 1 saturated heterocycles. The van der Waals surface area contributed by atoms with E-state index >= 15 is 0 Å². The zero-order chi connectivity index (χ0) is 16.2. The summed E-state index contributed by atoms with van der Waals surface area (Å²) in [6.45, 7) is 8.21. The highest BCUT2D eigenvalue weighted by molar-refractivity contribution is 5.86.